The Kier molecular flexibility index (Phi) is 5.38. The van der Waals surface area contributed by atoms with Crippen molar-refractivity contribution >= 4 is 28.3 Å². The number of carbonyl (C=O) groups excluding carboxylic acids is 1. The van der Waals surface area contributed by atoms with Gasteiger partial charge >= 0.3 is 0 Å². The molecule has 0 saturated carbocycles. The molecule has 0 radical (unpaired) electrons. The quantitative estimate of drug-likeness (QED) is 0.459. The van der Waals surface area contributed by atoms with Gasteiger partial charge in [-0.15, -0.1) is 10.2 Å². The molecule has 1 amide bonds. The maximum atomic E-state index is 12.7. The molecule has 0 spiro atoms. The van der Waals surface area contributed by atoms with Crippen molar-refractivity contribution in [1.82, 2.24) is 20.1 Å². The SMILES string of the molecule is O=C(Cc1cccc(Cl)c1)N1CCC(c2nnc(-c3nccc4ccccc34)o2)CC1. The molecule has 6 nitrogen and oxygen atoms in total. The normalized spacial score (nSPS) is 14.8. The van der Waals surface area contributed by atoms with Crippen LogP contribution >= 0.6 is 11.6 Å². The van der Waals surface area contributed by atoms with Gasteiger partial charge in [-0.25, -0.2) is 0 Å². The van der Waals surface area contributed by atoms with E-state index in [1.165, 1.54) is 0 Å². The maximum absolute atomic E-state index is 12.7. The summed E-state index contributed by atoms with van der Waals surface area (Å²) in [6.07, 6.45) is 3.71. The molecule has 31 heavy (non-hydrogen) atoms. The van der Waals surface area contributed by atoms with Crippen molar-refractivity contribution in [2.24, 2.45) is 0 Å². The van der Waals surface area contributed by atoms with E-state index in [1.807, 2.05) is 59.5 Å². The van der Waals surface area contributed by atoms with Crippen LogP contribution in [0.5, 0.6) is 0 Å². The van der Waals surface area contributed by atoms with Crippen molar-refractivity contribution in [3.05, 3.63) is 77.3 Å². The zero-order valence-electron chi connectivity index (χ0n) is 16.9. The van der Waals surface area contributed by atoms with Crippen molar-refractivity contribution in [3.63, 3.8) is 0 Å². The summed E-state index contributed by atoms with van der Waals surface area (Å²) >= 11 is 6.03. The third kappa shape index (κ3) is 4.16. The van der Waals surface area contributed by atoms with Crippen molar-refractivity contribution in [2.45, 2.75) is 25.2 Å². The third-order valence-electron chi connectivity index (χ3n) is 5.76. The Morgan fingerprint density at radius 1 is 1.06 bits per heavy atom. The Labute approximate surface area is 184 Å². The smallest absolute Gasteiger partial charge is 0.266 e. The molecular weight excluding hydrogens is 412 g/mol. The molecule has 0 aliphatic carbocycles. The Bertz CT molecular complexity index is 1230. The number of halogens is 1. The zero-order chi connectivity index (χ0) is 21.2. The van der Waals surface area contributed by atoms with Gasteiger partial charge in [0.15, 0.2) is 0 Å². The van der Waals surface area contributed by atoms with Crippen LogP contribution in [-0.4, -0.2) is 39.1 Å². The second-order valence-electron chi connectivity index (χ2n) is 7.79. The highest BCUT2D eigenvalue weighted by atomic mass is 35.5. The second-order valence-corrected chi connectivity index (χ2v) is 8.22. The number of carbonyl (C=O) groups is 1. The van der Waals surface area contributed by atoms with Crippen LogP contribution in [0.15, 0.2) is 65.2 Å². The monoisotopic (exact) mass is 432 g/mol. The van der Waals surface area contributed by atoms with Gasteiger partial charge in [-0.05, 0) is 42.0 Å². The molecule has 4 aromatic rings. The fraction of sp³-hybridized carbons (Fsp3) is 0.250. The van der Waals surface area contributed by atoms with Gasteiger partial charge in [-0.3, -0.25) is 9.78 Å². The summed E-state index contributed by atoms with van der Waals surface area (Å²) in [5, 5.41) is 11.3. The fourth-order valence-corrected chi connectivity index (χ4v) is 4.31. The Morgan fingerprint density at radius 2 is 1.90 bits per heavy atom. The van der Waals surface area contributed by atoms with Crippen molar-refractivity contribution in [1.29, 1.82) is 0 Å². The molecule has 0 bridgehead atoms. The Balaban J connectivity index is 1.25. The number of rotatable bonds is 4. The standard InChI is InChI=1S/C24H21ClN4O2/c25-19-6-3-4-16(14-19)15-21(30)29-12-9-18(10-13-29)23-27-28-24(31-23)22-20-7-2-1-5-17(20)8-11-26-22/h1-8,11,14,18H,9-10,12-13,15H2. The number of pyridine rings is 1. The van der Waals surface area contributed by atoms with E-state index in [0.29, 0.717) is 42.0 Å². The van der Waals surface area contributed by atoms with Gasteiger partial charge in [-0.1, -0.05) is 48.0 Å². The lowest BCUT2D eigenvalue weighted by molar-refractivity contribution is -0.131. The summed E-state index contributed by atoms with van der Waals surface area (Å²) < 4.78 is 6.02. The lowest BCUT2D eigenvalue weighted by Gasteiger charge is -2.30. The molecule has 5 rings (SSSR count). The van der Waals surface area contributed by atoms with Crippen LogP contribution in [0.1, 0.15) is 30.2 Å². The van der Waals surface area contributed by atoms with Gasteiger partial charge in [0.1, 0.15) is 5.69 Å². The molecular formula is C24H21ClN4O2. The van der Waals surface area contributed by atoms with Crippen LogP contribution in [0.4, 0.5) is 0 Å². The van der Waals surface area contributed by atoms with Crippen LogP contribution in [0.25, 0.3) is 22.4 Å². The molecule has 1 aliphatic heterocycles. The van der Waals surface area contributed by atoms with E-state index in [-0.39, 0.29) is 11.8 Å². The third-order valence-corrected chi connectivity index (χ3v) is 5.99. The summed E-state index contributed by atoms with van der Waals surface area (Å²) in [5.74, 6) is 1.32. The van der Waals surface area contributed by atoms with Gasteiger partial charge in [-0.2, -0.15) is 0 Å². The molecule has 1 saturated heterocycles. The highest BCUT2D eigenvalue weighted by molar-refractivity contribution is 6.30. The summed E-state index contributed by atoms with van der Waals surface area (Å²) in [6, 6.07) is 17.4. The van der Waals surface area contributed by atoms with Gasteiger partial charge in [0, 0.05) is 35.6 Å². The van der Waals surface area contributed by atoms with E-state index in [0.717, 1.165) is 29.2 Å². The molecule has 1 fully saturated rings. The highest BCUT2D eigenvalue weighted by Gasteiger charge is 2.28. The lowest BCUT2D eigenvalue weighted by Crippen LogP contribution is -2.38. The molecule has 156 valence electrons. The number of hydrogen-bond acceptors (Lipinski definition) is 5. The van der Waals surface area contributed by atoms with E-state index >= 15 is 0 Å². The first kappa shape index (κ1) is 19.7. The van der Waals surface area contributed by atoms with Crippen LogP contribution < -0.4 is 0 Å². The summed E-state index contributed by atoms with van der Waals surface area (Å²) in [5.41, 5.74) is 1.63. The number of nitrogens with zero attached hydrogens (tertiary/aromatic N) is 4. The van der Waals surface area contributed by atoms with Crippen LogP contribution in [-0.2, 0) is 11.2 Å². The van der Waals surface area contributed by atoms with E-state index in [4.69, 9.17) is 16.0 Å². The first-order chi connectivity index (χ1) is 15.2. The predicted octanol–water partition coefficient (Wildman–Crippen LogP) is 4.89. The molecule has 0 atom stereocenters. The molecule has 2 aromatic heterocycles. The fourth-order valence-electron chi connectivity index (χ4n) is 4.09. The van der Waals surface area contributed by atoms with E-state index in [1.54, 1.807) is 6.20 Å². The number of piperidine rings is 1. The molecule has 3 heterocycles. The average molecular weight is 433 g/mol. The number of amides is 1. The molecule has 2 aromatic carbocycles. The van der Waals surface area contributed by atoms with Gasteiger partial charge in [0.25, 0.3) is 5.89 Å². The number of hydrogen-bond donors (Lipinski definition) is 0. The lowest BCUT2D eigenvalue weighted by atomic mass is 9.96. The molecule has 0 unspecified atom stereocenters. The van der Waals surface area contributed by atoms with Gasteiger partial charge < -0.3 is 9.32 Å². The minimum Gasteiger partial charge on any atom is -0.419 e. The van der Waals surface area contributed by atoms with E-state index < -0.39 is 0 Å². The Morgan fingerprint density at radius 3 is 2.74 bits per heavy atom. The summed E-state index contributed by atoms with van der Waals surface area (Å²) in [4.78, 5) is 19.0. The molecule has 0 N–H and O–H groups in total. The maximum Gasteiger partial charge on any atom is 0.266 e. The predicted molar refractivity (Wildman–Crippen MR) is 119 cm³/mol. The minimum absolute atomic E-state index is 0.117. The van der Waals surface area contributed by atoms with E-state index in [2.05, 4.69) is 15.2 Å². The number of benzene rings is 2. The van der Waals surface area contributed by atoms with Crippen LogP contribution in [0.3, 0.4) is 0 Å². The first-order valence-electron chi connectivity index (χ1n) is 10.4. The number of aromatic nitrogens is 3. The van der Waals surface area contributed by atoms with Crippen LogP contribution in [0, 0.1) is 0 Å². The zero-order valence-corrected chi connectivity index (χ0v) is 17.6. The van der Waals surface area contributed by atoms with Crippen molar-refractivity contribution < 1.29 is 9.21 Å². The van der Waals surface area contributed by atoms with Crippen molar-refractivity contribution in [3.8, 4) is 11.6 Å². The summed E-state index contributed by atoms with van der Waals surface area (Å²) in [7, 11) is 0. The van der Waals surface area contributed by atoms with Gasteiger partial charge in [0.05, 0.1) is 6.42 Å². The Hall–Kier alpha value is -3.25. The summed E-state index contributed by atoms with van der Waals surface area (Å²) in [6.45, 7) is 1.35. The largest absolute Gasteiger partial charge is 0.419 e. The molecule has 1 aliphatic rings. The average Bonchev–Trinajstić information content (AvgIpc) is 3.29. The topological polar surface area (TPSA) is 72.1 Å². The van der Waals surface area contributed by atoms with Gasteiger partial charge in [0.2, 0.25) is 11.8 Å². The van der Waals surface area contributed by atoms with Crippen molar-refractivity contribution in [2.75, 3.05) is 13.1 Å². The van der Waals surface area contributed by atoms with Crippen LogP contribution in [0.2, 0.25) is 5.02 Å². The highest BCUT2D eigenvalue weighted by Crippen LogP contribution is 2.31. The first-order valence-corrected chi connectivity index (χ1v) is 10.7. The van der Waals surface area contributed by atoms with E-state index in [9.17, 15) is 4.79 Å². The number of fused-ring (bicyclic) bond motifs is 1. The molecule has 7 heteroatoms. The minimum atomic E-state index is 0.117. The number of likely N-dealkylation sites (tertiary alicyclic amines) is 1. The second kappa shape index (κ2) is 8.47.